The lowest BCUT2D eigenvalue weighted by Crippen LogP contribution is -2.46. The van der Waals surface area contributed by atoms with Crippen molar-refractivity contribution in [3.8, 4) is 0 Å². The molecule has 5 heteroatoms. The van der Waals surface area contributed by atoms with Crippen molar-refractivity contribution >= 4 is 21.8 Å². The zero-order valence-corrected chi connectivity index (χ0v) is 9.08. The highest BCUT2D eigenvalue weighted by atomic mass is 32.2. The second-order valence-corrected chi connectivity index (χ2v) is 5.64. The summed E-state index contributed by atoms with van der Waals surface area (Å²) < 4.78 is 22.8. The van der Waals surface area contributed by atoms with Crippen LogP contribution in [0.2, 0.25) is 0 Å². The molecule has 1 aromatic rings. The molecule has 1 heterocycles. The van der Waals surface area contributed by atoms with Crippen LogP contribution in [0, 0.1) is 0 Å². The van der Waals surface area contributed by atoms with Gasteiger partial charge >= 0.3 is 0 Å². The van der Waals surface area contributed by atoms with Crippen LogP contribution in [0.15, 0.2) is 30.3 Å². The number of benzene rings is 1. The molecule has 0 fully saturated rings. The summed E-state index contributed by atoms with van der Waals surface area (Å²) in [5, 5.41) is 8.07. The highest BCUT2D eigenvalue weighted by Crippen LogP contribution is 2.29. The molecule has 0 radical (unpaired) electrons. The van der Waals surface area contributed by atoms with Crippen LogP contribution in [-0.2, 0) is 10.0 Å². The predicted octanol–water partition coefficient (Wildman–Crippen LogP) is 1.13. The Morgan fingerprint density at radius 3 is 2.67 bits per heavy atom. The van der Waals surface area contributed by atoms with Crippen molar-refractivity contribution in [2.75, 3.05) is 5.32 Å². The number of sulfonamides is 1. The van der Waals surface area contributed by atoms with Gasteiger partial charge in [0.05, 0.1) is 0 Å². The summed E-state index contributed by atoms with van der Waals surface area (Å²) in [5.41, 5.74) is 1.73. The molecule has 0 spiro atoms. The highest BCUT2D eigenvalue weighted by Gasteiger charge is 2.35. The monoisotopic (exact) mass is 224 g/mol. The van der Waals surface area contributed by atoms with Gasteiger partial charge in [0, 0.05) is 5.69 Å². The lowest BCUT2D eigenvalue weighted by Gasteiger charge is -2.30. The Morgan fingerprint density at radius 1 is 1.33 bits per heavy atom. The van der Waals surface area contributed by atoms with Gasteiger partial charge in [0.2, 0.25) is 10.0 Å². The number of para-hydroxylation sites is 1. The van der Waals surface area contributed by atoms with E-state index in [9.17, 15) is 8.42 Å². The Labute approximate surface area is 88.8 Å². The molecule has 3 N–H and O–H groups in total. The van der Waals surface area contributed by atoms with Gasteiger partial charge in [-0.3, -0.25) is 0 Å². The smallest absolute Gasteiger partial charge is 0.236 e. The van der Waals surface area contributed by atoms with Crippen LogP contribution in [0.5, 0.6) is 0 Å². The maximum absolute atomic E-state index is 11.4. The molecule has 1 atom stereocenters. The van der Waals surface area contributed by atoms with Crippen molar-refractivity contribution in [2.24, 2.45) is 5.14 Å². The summed E-state index contributed by atoms with van der Waals surface area (Å²) in [6.07, 6.45) is 3.32. The molecule has 1 unspecified atom stereocenters. The van der Waals surface area contributed by atoms with Crippen LogP contribution >= 0.6 is 0 Å². The minimum Gasteiger partial charge on any atom is -0.362 e. The number of primary sulfonamides is 1. The molecule has 0 bridgehead atoms. The van der Waals surface area contributed by atoms with Crippen LogP contribution in [0.3, 0.4) is 0 Å². The summed E-state index contributed by atoms with van der Waals surface area (Å²) in [5.74, 6) is 0. The average molecular weight is 224 g/mol. The van der Waals surface area contributed by atoms with Gasteiger partial charge in [-0.2, -0.15) is 0 Å². The van der Waals surface area contributed by atoms with Crippen LogP contribution in [0.4, 0.5) is 5.69 Å². The fourth-order valence-electron chi connectivity index (χ4n) is 1.48. The molecular formula is C10H12N2O2S. The number of fused-ring (bicyclic) bond motifs is 1. The van der Waals surface area contributed by atoms with Crippen molar-refractivity contribution < 1.29 is 8.42 Å². The van der Waals surface area contributed by atoms with Crippen LogP contribution in [0.1, 0.15) is 12.5 Å². The molecule has 0 aromatic heterocycles. The van der Waals surface area contributed by atoms with E-state index in [2.05, 4.69) is 5.32 Å². The molecule has 4 nitrogen and oxygen atoms in total. The van der Waals surface area contributed by atoms with Crippen molar-refractivity contribution in [3.63, 3.8) is 0 Å². The Morgan fingerprint density at radius 2 is 2.00 bits per heavy atom. The molecular weight excluding hydrogens is 212 g/mol. The Balaban J connectivity index is 2.51. The quantitative estimate of drug-likeness (QED) is 0.751. The van der Waals surface area contributed by atoms with Crippen LogP contribution in [0.25, 0.3) is 6.08 Å². The zero-order chi connectivity index (χ0) is 11.1. The molecule has 80 valence electrons. The van der Waals surface area contributed by atoms with Crippen molar-refractivity contribution in [1.29, 1.82) is 0 Å². The van der Waals surface area contributed by atoms with Gasteiger partial charge in [0.15, 0.2) is 4.87 Å². The summed E-state index contributed by atoms with van der Waals surface area (Å²) in [6.45, 7) is 1.54. The number of nitrogens with one attached hydrogen (secondary N) is 1. The van der Waals surface area contributed by atoms with Gasteiger partial charge in [-0.1, -0.05) is 24.3 Å². The first-order valence-corrected chi connectivity index (χ1v) is 6.06. The summed E-state index contributed by atoms with van der Waals surface area (Å²) in [4.78, 5) is -1.22. The molecule has 1 aliphatic heterocycles. The average Bonchev–Trinajstić information content (AvgIpc) is 2.16. The van der Waals surface area contributed by atoms with Crippen molar-refractivity contribution in [3.05, 3.63) is 35.9 Å². The van der Waals surface area contributed by atoms with Gasteiger partial charge in [-0.15, -0.1) is 0 Å². The maximum atomic E-state index is 11.4. The molecule has 0 saturated carbocycles. The van der Waals surface area contributed by atoms with E-state index < -0.39 is 14.9 Å². The largest absolute Gasteiger partial charge is 0.362 e. The lowest BCUT2D eigenvalue weighted by atomic mass is 10.1. The van der Waals surface area contributed by atoms with E-state index in [1.54, 1.807) is 12.2 Å². The van der Waals surface area contributed by atoms with Gasteiger partial charge in [0.1, 0.15) is 0 Å². The number of hydrogen-bond acceptors (Lipinski definition) is 3. The number of anilines is 1. The molecule has 1 aliphatic rings. The summed E-state index contributed by atoms with van der Waals surface area (Å²) >= 11 is 0. The van der Waals surface area contributed by atoms with E-state index in [-0.39, 0.29) is 0 Å². The third kappa shape index (κ3) is 1.64. The van der Waals surface area contributed by atoms with Crippen LogP contribution < -0.4 is 10.5 Å². The fraction of sp³-hybridized carbons (Fsp3) is 0.200. The van der Waals surface area contributed by atoms with E-state index in [0.29, 0.717) is 0 Å². The molecule has 2 rings (SSSR count). The molecule has 0 aliphatic carbocycles. The third-order valence-electron chi connectivity index (χ3n) is 2.52. The first-order chi connectivity index (χ1) is 6.92. The van der Waals surface area contributed by atoms with E-state index in [0.717, 1.165) is 11.3 Å². The minimum atomic E-state index is -3.67. The SMILES string of the molecule is CC1(S(N)(=O)=O)C=Cc2ccccc2N1. The normalized spacial score (nSPS) is 24.4. The zero-order valence-electron chi connectivity index (χ0n) is 8.27. The van der Waals surface area contributed by atoms with Crippen molar-refractivity contribution in [2.45, 2.75) is 11.8 Å². The van der Waals surface area contributed by atoms with Gasteiger partial charge in [-0.25, -0.2) is 13.6 Å². The van der Waals surface area contributed by atoms with E-state index in [1.165, 1.54) is 6.92 Å². The van der Waals surface area contributed by atoms with E-state index in [4.69, 9.17) is 5.14 Å². The van der Waals surface area contributed by atoms with Crippen molar-refractivity contribution in [1.82, 2.24) is 0 Å². The van der Waals surface area contributed by atoms with E-state index in [1.807, 2.05) is 24.3 Å². The van der Waals surface area contributed by atoms with E-state index >= 15 is 0 Å². The first-order valence-electron chi connectivity index (χ1n) is 4.51. The molecule has 15 heavy (non-hydrogen) atoms. The number of rotatable bonds is 1. The number of nitrogens with two attached hydrogens (primary N) is 1. The van der Waals surface area contributed by atoms with Gasteiger partial charge in [0.25, 0.3) is 0 Å². The first kappa shape index (κ1) is 10.2. The van der Waals surface area contributed by atoms with Gasteiger partial charge in [-0.05, 0) is 24.6 Å². The molecule has 0 saturated heterocycles. The summed E-state index contributed by atoms with van der Waals surface area (Å²) in [6, 6.07) is 7.46. The minimum absolute atomic E-state index is 0.775. The Hall–Kier alpha value is -1.33. The Bertz CT molecular complexity index is 522. The van der Waals surface area contributed by atoms with Crippen LogP contribution in [-0.4, -0.2) is 13.3 Å². The van der Waals surface area contributed by atoms with Gasteiger partial charge < -0.3 is 5.32 Å². The molecule has 0 amide bonds. The highest BCUT2D eigenvalue weighted by molar-refractivity contribution is 7.90. The molecule has 1 aromatic carbocycles. The summed E-state index contributed by atoms with van der Waals surface area (Å²) in [7, 11) is -3.67. The Kier molecular flexibility index (Phi) is 2.09. The standard InChI is InChI=1S/C10H12N2O2S/c1-10(15(11,13)14)7-6-8-4-2-3-5-9(8)12-10/h2-7,12H,1H3,(H2,11,13,14). The maximum Gasteiger partial charge on any atom is 0.236 e. The number of hydrogen-bond donors (Lipinski definition) is 2. The predicted molar refractivity (Wildman–Crippen MR) is 60.6 cm³/mol. The second-order valence-electron chi connectivity index (χ2n) is 3.70. The topological polar surface area (TPSA) is 72.2 Å². The second kappa shape index (κ2) is 3.08. The fourth-order valence-corrected chi connectivity index (χ4v) is 1.99. The lowest BCUT2D eigenvalue weighted by molar-refractivity contribution is 0.576. The third-order valence-corrected chi connectivity index (χ3v) is 3.94.